The number of carboxylic acids is 2. The van der Waals surface area contributed by atoms with E-state index in [0.717, 1.165) is 83.5 Å². The average molecular weight is 561 g/mol. The zero-order valence-electron chi connectivity index (χ0n) is 26.1. The Balaban J connectivity index is 3.56. The number of rotatable bonds is 31. The molecule has 232 valence electrons. The number of unbranched alkanes of at least 4 members (excludes halogenated alkanes) is 18. The Bertz CT molecular complexity index is 649. The molecule has 40 heavy (non-hydrogen) atoms. The maximum Gasteiger partial charge on any atom is 0.306 e. The third kappa shape index (κ3) is 30.7. The fourth-order valence-electron chi connectivity index (χ4n) is 5.08. The summed E-state index contributed by atoms with van der Waals surface area (Å²) in [6, 6.07) is 0. The molecule has 0 bridgehead atoms. The van der Waals surface area contributed by atoms with Crippen molar-refractivity contribution in [1.29, 1.82) is 0 Å². The molecule has 1 atom stereocenters. The van der Waals surface area contributed by atoms with E-state index in [4.69, 9.17) is 5.11 Å². The van der Waals surface area contributed by atoms with Crippen molar-refractivity contribution in [2.45, 2.75) is 174 Å². The minimum Gasteiger partial charge on any atom is -0.481 e. The Labute approximate surface area is 247 Å². The van der Waals surface area contributed by atoms with Gasteiger partial charge in [-0.15, -0.1) is 0 Å². The number of carboxylic acid groups (broad SMARTS) is 2. The summed E-state index contributed by atoms with van der Waals surface area (Å²) in [5.74, 6) is -1.46. The molecular weight excluding hydrogens is 496 g/mol. The largest absolute Gasteiger partial charge is 0.481 e. The summed E-state index contributed by atoms with van der Waals surface area (Å²) < 4.78 is 0. The number of hydrogen-bond donors (Lipinski definition) is 2. The fourth-order valence-corrected chi connectivity index (χ4v) is 5.08. The monoisotopic (exact) mass is 560 g/mol. The van der Waals surface area contributed by atoms with Crippen molar-refractivity contribution in [3.05, 3.63) is 36.5 Å². The van der Waals surface area contributed by atoms with E-state index in [1.807, 2.05) is 0 Å². The fraction of sp³-hybridized carbons (Fsp3) is 0.778. The molecule has 0 saturated carbocycles. The summed E-state index contributed by atoms with van der Waals surface area (Å²) in [5.41, 5.74) is 0. The minimum absolute atomic E-state index is 0.164. The van der Waals surface area contributed by atoms with Gasteiger partial charge >= 0.3 is 11.9 Å². The molecule has 0 rings (SSSR count). The van der Waals surface area contributed by atoms with Crippen molar-refractivity contribution in [1.82, 2.24) is 0 Å². The zero-order valence-corrected chi connectivity index (χ0v) is 26.1. The SMILES string of the molecule is CCCCCCCC/C=C/CCCCCCC(CCCCC/C=C/C/C=C/CCCCCCCC(=O)O)C(=O)O. The van der Waals surface area contributed by atoms with Gasteiger partial charge < -0.3 is 10.2 Å². The van der Waals surface area contributed by atoms with Crippen LogP contribution >= 0.6 is 0 Å². The summed E-state index contributed by atoms with van der Waals surface area (Å²) in [6.45, 7) is 2.26. The molecule has 0 aromatic rings. The summed E-state index contributed by atoms with van der Waals surface area (Å²) in [4.78, 5) is 22.1. The van der Waals surface area contributed by atoms with Gasteiger partial charge in [-0.2, -0.15) is 0 Å². The lowest BCUT2D eigenvalue weighted by Crippen LogP contribution is -2.13. The second-order valence-electron chi connectivity index (χ2n) is 11.6. The molecule has 4 heteroatoms. The van der Waals surface area contributed by atoms with Crippen LogP contribution in [0.1, 0.15) is 174 Å². The van der Waals surface area contributed by atoms with Crippen LogP contribution in [0, 0.1) is 5.92 Å². The number of aliphatic carboxylic acids is 2. The molecule has 0 aliphatic rings. The summed E-state index contributed by atoms with van der Waals surface area (Å²) >= 11 is 0. The first-order valence-corrected chi connectivity index (χ1v) is 17.0. The Kier molecular flexibility index (Phi) is 30.2. The molecule has 0 aromatic carbocycles. The first-order chi connectivity index (χ1) is 19.6. The van der Waals surface area contributed by atoms with Gasteiger partial charge in [-0.05, 0) is 77.0 Å². The van der Waals surface area contributed by atoms with Crippen molar-refractivity contribution >= 4 is 11.9 Å². The molecule has 1 unspecified atom stereocenters. The molecular formula is C36H64O4. The molecule has 0 aromatic heterocycles. The molecule has 0 saturated heterocycles. The molecule has 4 nitrogen and oxygen atoms in total. The molecule has 0 aliphatic carbocycles. The van der Waals surface area contributed by atoms with Gasteiger partial charge in [0.15, 0.2) is 0 Å². The smallest absolute Gasteiger partial charge is 0.306 e. The van der Waals surface area contributed by atoms with Crippen LogP contribution in [-0.2, 0) is 9.59 Å². The lowest BCUT2D eigenvalue weighted by molar-refractivity contribution is -0.142. The summed E-state index contributed by atoms with van der Waals surface area (Å²) in [7, 11) is 0. The number of hydrogen-bond acceptors (Lipinski definition) is 2. The lowest BCUT2D eigenvalue weighted by Gasteiger charge is -2.11. The Hall–Kier alpha value is -1.84. The maximum atomic E-state index is 11.6. The minimum atomic E-state index is -0.688. The highest BCUT2D eigenvalue weighted by Crippen LogP contribution is 2.19. The first-order valence-electron chi connectivity index (χ1n) is 17.0. The highest BCUT2D eigenvalue weighted by Gasteiger charge is 2.16. The standard InChI is InChI=1S/C36H64O4/c1-2-3-4-5-6-7-8-9-13-16-19-22-25-28-31-34(36(39)40)32-29-26-23-20-17-14-11-10-12-15-18-21-24-27-30-33-35(37)38/h9-10,12-14,17,34H,2-8,11,15-16,18-33H2,1H3,(H,37,38)(H,39,40)/b12-10+,13-9+,17-14+. The molecule has 0 fully saturated rings. The van der Waals surface area contributed by atoms with E-state index in [0.29, 0.717) is 6.42 Å². The van der Waals surface area contributed by atoms with Crippen LogP contribution in [0.3, 0.4) is 0 Å². The van der Waals surface area contributed by atoms with E-state index in [1.165, 1.54) is 77.0 Å². The van der Waals surface area contributed by atoms with Crippen LogP contribution < -0.4 is 0 Å². The van der Waals surface area contributed by atoms with Crippen molar-refractivity contribution in [2.75, 3.05) is 0 Å². The predicted octanol–water partition coefficient (Wildman–Crippen LogP) is 11.6. The van der Waals surface area contributed by atoms with Crippen LogP contribution in [0.25, 0.3) is 0 Å². The normalized spacial score (nSPS) is 12.7. The topological polar surface area (TPSA) is 74.6 Å². The second kappa shape index (κ2) is 31.7. The van der Waals surface area contributed by atoms with Crippen LogP contribution in [-0.4, -0.2) is 22.2 Å². The number of carbonyl (C=O) groups is 2. The van der Waals surface area contributed by atoms with Gasteiger partial charge in [0, 0.05) is 6.42 Å². The number of allylic oxidation sites excluding steroid dienone is 6. The van der Waals surface area contributed by atoms with E-state index >= 15 is 0 Å². The average Bonchev–Trinajstić information content (AvgIpc) is 2.93. The van der Waals surface area contributed by atoms with Crippen LogP contribution in [0.5, 0.6) is 0 Å². The molecule has 0 radical (unpaired) electrons. The maximum absolute atomic E-state index is 11.6. The van der Waals surface area contributed by atoms with Crippen LogP contribution in [0.4, 0.5) is 0 Å². The van der Waals surface area contributed by atoms with Gasteiger partial charge in [0.2, 0.25) is 0 Å². The van der Waals surface area contributed by atoms with Crippen molar-refractivity contribution in [2.24, 2.45) is 5.92 Å². The third-order valence-electron chi connectivity index (χ3n) is 7.70. The highest BCUT2D eigenvalue weighted by atomic mass is 16.4. The van der Waals surface area contributed by atoms with Crippen molar-refractivity contribution in [3.63, 3.8) is 0 Å². The first kappa shape index (κ1) is 38.2. The van der Waals surface area contributed by atoms with Crippen molar-refractivity contribution < 1.29 is 19.8 Å². The van der Waals surface area contributed by atoms with Gasteiger partial charge in [-0.25, -0.2) is 0 Å². The molecule has 0 aliphatic heterocycles. The predicted molar refractivity (Wildman–Crippen MR) is 172 cm³/mol. The Morgan fingerprint density at radius 3 is 1.32 bits per heavy atom. The van der Waals surface area contributed by atoms with Gasteiger partial charge in [0.05, 0.1) is 5.92 Å². The zero-order chi connectivity index (χ0) is 29.4. The van der Waals surface area contributed by atoms with Gasteiger partial charge in [-0.1, -0.05) is 127 Å². The van der Waals surface area contributed by atoms with E-state index in [2.05, 4.69) is 43.4 Å². The van der Waals surface area contributed by atoms with E-state index < -0.39 is 11.9 Å². The van der Waals surface area contributed by atoms with Crippen LogP contribution in [0.2, 0.25) is 0 Å². The third-order valence-corrected chi connectivity index (χ3v) is 7.70. The van der Waals surface area contributed by atoms with Gasteiger partial charge in [-0.3, -0.25) is 9.59 Å². The second-order valence-corrected chi connectivity index (χ2v) is 11.6. The molecule has 2 N–H and O–H groups in total. The Morgan fingerprint density at radius 2 is 0.875 bits per heavy atom. The van der Waals surface area contributed by atoms with Gasteiger partial charge in [0.25, 0.3) is 0 Å². The summed E-state index contributed by atoms with van der Waals surface area (Å²) in [6.07, 6.45) is 42.6. The van der Waals surface area contributed by atoms with E-state index in [1.54, 1.807) is 0 Å². The Morgan fingerprint density at radius 1 is 0.500 bits per heavy atom. The highest BCUT2D eigenvalue weighted by molar-refractivity contribution is 5.69. The van der Waals surface area contributed by atoms with Crippen molar-refractivity contribution in [3.8, 4) is 0 Å². The molecule has 0 spiro atoms. The van der Waals surface area contributed by atoms with Gasteiger partial charge in [0.1, 0.15) is 0 Å². The van der Waals surface area contributed by atoms with Crippen LogP contribution in [0.15, 0.2) is 36.5 Å². The lowest BCUT2D eigenvalue weighted by atomic mass is 9.94. The molecule has 0 amide bonds. The molecule has 0 heterocycles. The quantitative estimate of drug-likeness (QED) is 0.0653. The van der Waals surface area contributed by atoms with E-state index in [9.17, 15) is 14.7 Å². The summed E-state index contributed by atoms with van der Waals surface area (Å²) in [5, 5.41) is 18.2. The van der Waals surface area contributed by atoms with E-state index in [-0.39, 0.29) is 5.92 Å².